The average molecular weight is 513 g/mol. The van der Waals surface area contributed by atoms with E-state index in [-0.39, 0.29) is 33.1 Å². The van der Waals surface area contributed by atoms with E-state index in [0.29, 0.717) is 6.42 Å². The molecule has 1 saturated carbocycles. The maximum atomic E-state index is 13.4. The van der Waals surface area contributed by atoms with Crippen LogP contribution in [0.15, 0.2) is 52.5 Å². The Balaban J connectivity index is 1.68. The lowest BCUT2D eigenvalue weighted by Gasteiger charge is -2.27. The van der Waals surface area contributed by atoms with Gasteiger partial charge in [-0.15, -0.1) is 0 Å². The number of pyridine rings is 1. The second kappa shape index (κ2) is 10.6. The Bertz CT molecular complexity index is 1440. The maximum Gasteiger partial charge on any atom is 0.339 e. The zero-order valence-corrected chi connectivity index (χ0v) is 21.0. The van der Waals surface area contributed by atoms with Gasteiger partial charge in [-0.3, -0.25) is 14.2 Å². The van der Waals surface area contributed by atoms with E-state index >= 15 is 0 Å². The molecule has 0 bridgehead atoms. The number of methoxy groups -OCH3 is 1. The Morgan fingerprint density at radius 3 is 2.53 bits per heavy atom. The second-order valence-electron chi connectivity index (χ2n) is 9.08. The lowest BCUT2D eigenvalue weighted by Crippen LogP contribution is -2.35. The number of nitrogens with one attached hydrogen (secondary N) is 1. The summed E-state index contributed by atoms with van der Waals surface area (Å²) in [7, 11) is -2.19. The van der Waals surface area contributed by atoms with Crippen LogP contribution in [0.2, 0.25) is 0 Å². The van der Waals surface area contributed by atoms with Crippen LogP contribution >= 0.6 is 0 Å². The number of aromatic nitrogens is 3. The molecule has 0 spiro atoms. The number of esters is 1. The molecule has 36 heavy (non-hydrogen) atoms. The van der Waals surface area contributed by atoms with Crippen LogP contribution in [0, 0.1) is 5.92 Å². The first-order valence-corrected chi connectivity index (χ1v) is 13.6. The number of benzene rings is 1. The zero-order valence-electron chi connectivity index (χ0n) is 20.1. The largest absolute Gasteiger partial charge is 0.465 e. The number of rotatable bonds is 7. The molecule has 10 nitrogen and oxygen atoms in total. The van der Waals surface area contributed by atoms with E-state index in [2.05, 4.69) is 20.0 Å². The van der Waals surface area contributed by atoms with Gasteiger partial charge >= 0.3 is 5.97 Å². The van der Waals surface area contributed by atoms with Gasteiger partial charge < -0.3 is 10.1 Å². The summed E-state index contributed by atoms with van der Waals surface area (Å²) in [5.74, 6) is -0.446. The summed E-state index contributed by atoms with van der Waals surface area (Å²) in [6.45, 7) is 0. The summed E-state index contributed by atoms with van der Waals surface area (Å²) >= 11 is 0. The molecular formula is C25H28N4O6S. The van der Waals surface area contributed by atoms with E-state index in [1.165, 1.54) is 54.5 Å². The first-order valence-electron chi connectivity index (χ1n) is 11.7. The predicted molar refractivity (Wildman–Crippen MR) is 134 cm³/mol. The third-order valence-electron chi connectivity index (χ3n) is 6.54. The van der Waals surface area contributed by atoms with Gasteiger partial charge in [0.2, 0.25) is 5.91 Å². The van der Waals surface area contributed by atoms with E-state index in [4.69, 9.17) is 0 Å². The Labute approximate surface area is 208 Å². The number of fused-ring (bicyclic) bond motifs is 1. The maximum absolute atomic E-state index is 13.4. The van der Waals surface area contributed by atoms with E-state index < -0.39 is 33.3 Å². The number of hydrogen-bond donors (Lipinski definition) is 1. The summed E-state index contributed by atoms with van der Waals surface area (Å²) in [5, 5.41) is 2.98. The highest BCUT2D eigenvalue weighted by Crippen LogP contribution is 2.31. The minimum Gasteiger partial charge on any atom is -0.465 e. The van der Waals surface area contributed by atoms with Crippen LogP contribution in [-0.2, 0) is 19.4 Å². The number of ether oxygens (including phenoxy) is 1. The monoisotopic (exact) mass is 512 g/mol. The minimum atomic E-state index is -3.46. The molecular weight excluding hydrogens is 484 g/mol. The van der Waals surface area contributed by atoms with Gasteiger partial charge in [0.15, 0.2) is 9.84 Å². The van der Waals surface area contributed by atoms with Gasteiger partial charge in [-0.25, -0.2) is 23.2 Å². The first-order chi connectivity index (χ1) is 17.2. The number of sulfone groups is 1. The number of carbonyl (C=O) groups excluding carboxylic acids is 2. The normalized spacial score (nSPS) is 15.4. The first kappa shape index (κ1) is 25.5. The lowest BCUT2D eigenvalue weighted by atomic mass is 9.84. The quantitative estimate of drug-likeness (QED) is 0.477. The molecule has 1 N–H and O–H groups in total. The fourth-order valence-electron chi connectivity index (χ4n) is 4.57. The predicted octanol–water partition coefficient (Wildman–Crippen LogP) is 3.13. The van der Waals surface area contributed by atoms with E-state index in [9.17, 15) is 22.8 Å². The number of amides is 1. The topological polar surface area (TPSA) is 137 Å². The molecule has 0 saturated heterocycles. The molecule has 3 aromatic rings. The van der Waals surface area contributed by atoms with Crippen LogP contribution < -0.4 is 10.9 Å². The third-order valence-corrected chi connectivity index (χ3v) is 7.65. The van der Waals surface area contributed by atoms with Crippen molar-refractivity contribution in [1.29, 1.82) is 0 Å². The molecule has 0 radical (unpaired) electrons. The Morgan fingerprint density at radius 1 is 1.14 bits per heavy atom. The van der Waals surface area contributed by atoms with Gasteiger partial charge in [0.1, 0.15) is 11.9 Å². The Hall–Kier alpha value is -3.60. The van der Waals surface area contributed by atoms with Crippen LogP contribution in [0.1, 0.15) is 54.9 Å². The number of nitrogens with zero attached hydrogens (tertiary/aromatic N) is 3. The number of anilines is 1. The highest BCUT2D eigenvalue weighted by molar-refractivity contribution is 7.90. The van der Waals surface area contributed by atoms with Crippen molar-refractivity contribution in [3.63, 3.8) is 0 Å². The summed E-state index contributed by atoms with van der Waals surface area (Å²) in [6.07, 6.45) is 9.42. The molecule has 1 atom stereocenters. The van der Waals surface area contributed by atoms with Crippen molar-refractivity contribution in [3.8, 4) is 0 Å². The van der Waals surface area contributed by atoms with Crippen molar-refractivity contribution < 1.29 is 22.7 Å². The Kier molecular flexibility index (Phi) is 7.48. The fourth-order valence-corrected chi connectivity index (χ4v) is 5.21. The van der Waals surface area contributed by atoms with Crippen molar-refractivity contribution in [3.05, 3.63) is 58.8 Å². The summed E-state index contributed by atoms with van der Waals surface area (Å²) in [5.41, 5.74) is 0.0683. The van der Waals surface area contributed by atoms with Crippen LogP contribution in [0.25, 0.3) is 10.9 Å². The highest BCUT2D eigenvalue weighted by atomic mass is 32.2. The molecule has 0 aliphatic heterocycles. The molecule has 1 aliphatic carbocycles. The van der Waals surface area contributed by atoms with Gasteiger partial charge in [-0.05, 0) is 42.7 Å². The Morgan fingerprint density at radius 2 is 1.89 bits per heavy atom. The molecule has 1 fully saturated rings. The molecule has 1 aliphatic rings. The van der Waals surface area contributed by atoms with Crippen molar-refractivity contribution in [1.82, 2.24) is 14.5 Å². The second-order valence-corrected chi connectivity index (χ2v) is 11.1. The van der Waals surface area contributed by atoms with Crippen LogP contribution in [0.5, 0.6) is 0 Å². The lowest BCUT2D eigenvalue weighted by molar-refractivity contribution is -0.120. The molecule has 2 aromatic heterocycles. The molecule has 1 unspecified atom stereocenters. The van der Waals surface area contributed by atoms with Crippen molar-refractivity contribution >= 4 is 38.4 Å². The average Bonchev–Trinajstić information content (AvgIpc) is 2.87. The molecule has 11 heteroatoms. The van der Waals surface area contributed by atoms with Gasteiger partial charge in [0.25, 0.3) is 5.56 Å². The van der Waals surface area contributed by atoms with E-state index in [0.717, 1.165) is 38.4 Å². The van der Waals surface area contributed by atoms with E-state index in [1.807, 2.05) is 0 Å². The number of carbonyl (C=O) groups is 2. The summed E-state index contributed by atoms with van der Waals surface area (Å²) in [6, 6.07) is 6.31. The van der Waals surface area contributed by atoms with Crippen molar-refractivity contribution in [2.24, 2.45) is 5.92 Å². The minimum absolute atomic E-state index is 0.0672. The summed E-state index contributed by atoms with van der Waals surface area (Å²) < 4.78 is 29.8. The van der Waals surface area contributed by atoms with Gasteiger partial charge in [-0.2, -0.15) is 0 Å². The molecule has 1 aromatic carbocycles. The zero-order chi connectivity index (χ0) is 25.9. The van der Waals surface area contributed by atoms with Gasteiger partial charge in [0.05, 0.1) is 34.8 Å². The fraction of sp³-hybridized carbons (Fsp3) is 0.400. The van der Waals surface area contributed by atoms with Gasteiger partial charge in [0, 0.05) is 12.5 Å². The summed E-state index contributed by atoms with van der Waals surface area (Å²) in [4.78, 5) is 47.0. The molecule has 2 heterocycles. The van der Waals surface area contributed by atoms with E-state index in [1.54, 1.807) is 0 Å². The smallest absolute Gasteiger partial charge is 0.339 e. The van der Waals surface area contributed by atoms with Crippen molar-refractivity contribution in [2.45, 2.75) is 49.5 Å². The third kappa shape index (κ3) is 5.62. The van der Waals surface area contributed by atoms with Crippen molar-refractivity contribution in [2.75, 3.05) is 18.7 Å². The van der Waals surface area contributed by atoms with Crippen LogP contribution in [-0.4, -0.2) is 48.2 Å². The molecule has 1 amide bonds. The molecule has 4 rings (SSSR count). The SMILES string of the molecule is COC(=O)c1ccc(NC(=O)C(CC2CCCCC2)n2cnc3cc(S(C)(=O)=O)ccc3c2=O)nc1. The van der Waals surface area contributed by atoms with Crippen LogP contribution in [0.3, 0.4) is 0 Å². The molecule has 190 valence electrons. The number of hydrogen-bond acceptors (Lipinski definition) is 8. The highest BCUT2D eigenvalue weighted by Gasteiger charge is 2.28. The standard InChI is InChI=1S/C25H28N4O6S/c1-35-25(32)17-8-11-22(26-14-17)28-23(30)21(12-16-6-4-3-5-7-16)29-15-27-20-13-18(36(2,33)34)9-10-19(20)24(29)31/h8-11,13-16,21H,3-7,12H2,1-2H3,(H,26,28,30). The van der Waals surface area contributed by atoms with Gasteiger partial charge in [-0.1, -0.05) is 32.1 Å². The van der Waals surface area contributed by atoms with Crippen LogP contribution in [0.4, 0.5) is 5.82 Å².